The molecule has 4 nitrogen and oxygen atoms in total. The van der Waals surface area contributed by atoms with Gasteiger partial charge < -0.3 is 9.32 Å². The van der Waals surface area contributed by atoms with Crippen molar-refractivity contribution in [3.63, 3.8) is 0 Å². The molecule has 0 aliphatic rings. The summed E-state index contributed by atoms with van der Waals surface area (Å²) in [6.45, 7) is 2.63. The molecule has 0 aliphatic heterocycles. The van der Waals surface area contributed by atoms with Gasteiger partial charge in [-0.3, -0.25) is 4.79 Å². The minimum atomic E-state index is -0.715. The number of aromatic nitrogens is 1. The number of rotatable bonds is 7. The van der Waals surface area contributed by atoms with Crippen LogP contribution in [0.3, 0.4) is 0 Å². The van der Waals surface area contributed by atoms with Crippen LogP contribution in [0.2, 0.25) is 0 Å². The van der Waals surface area contributed by atoms with Crippen LogP contribution in [0.5, 0.6) is 0 Å². The summed E-state index contributed by atoms with van der Waals surface area (Å²) in [6.07, 6.45) is 2.90. The van der Waals surface area contributed by atoms with Crippen LogP contribution in [0, 0.1) is 11.6 Å². The van der Waals surface area contributed by atoms with Crippen molar-refractivity contribution in [2.24, 2.45) is 0 Å². The molecule has 3 aromatic rings. The monoisotopic (exact) mass is 384 g/mol. The smallest absolute Gasteiger partial charge is 0.223 e. The van der Waals surface area contributed by atoms with Gasteiger partial charge in [-0.25, -0.2) is 13.8 Å². The van der Waals surface area contributed by atoms with Crippen molar-refractivity contribution in [1.82, 2.24) is 9.88 Å². The van der Waals surface area contributed by atoms with Gasteiger partial charge >= 0.3 is 0 Å². The molecule has 1 amide bonds. The Labute approximate surface area is 162 Å². The van der Waals surface area contributed by atoms with Gasteiger partial charge in [-0.2, -0.15) is 0 Å². The molecular weight excluding hydrogens is 362 g/mol. The molecule has 0 saturated heterocycles. The lowest BCUT2D eigenvalue weighted by Crippen LogP contribution is -2.26. The molecule has 2 aromatic carbocycles. The van der Waals surface area contributed by atoms with Crippen molar-refractivity contribution in [3.8, 4) is 11.3 Å². The highest BCUT2D eigenvalue weighted by atomic mass is 19.1. The summed E-state index contributed by atoms with van der Waals surface area (Å²) in [7, 11) is 1.75. The largest absolute Gasteiger partial charge is 0.441 e. The first-order valence-electron chi connectivity index (χ1n) is 9.18. The van der Waals surface area contributed by atoms with Gasteiger partial charge in [0.05, 0.1) is 11.8 Å². The Morgan fingerprint density at radius 3 is 2.50 bits per heavy atom. The van der Waals surface area contributed by atoms with E-state index in [1.54, 1.807) is 11.9 Å². The van der Waals surface area contributed by atoms with Gasteiger partial charge in [-0.15, -0.1) is 0 Å². The van der Waals surface area contributed by atoms with Crippen LogP contribution >= 0.6 is 0 Å². The van der Waals surface area contributed by atoms with Gasteiger partial charge in [0.2, 0.25) is 5.91 Å². The second kappa shape index (κ2) is 8.78. The molecule has 0 aliphatic carbocycles. The Morgan fingerprint density at radius 1 is 1.11 bits per heavy atom. The van der Waals surface area contributed by atoms with E-state index in [4.69, 9.17) is 4.42 Å². The molecule has 1 heterocycles. The molecule has 28 heavy (non-hydrogen) atoms. The fraction of sp³-hybridized carbons (Fsp3) is 0.273. The van der Waals surface area contributed by atoms with Gasteiger partial charge in [0, 0.05) is 32.5 Å². The van der Waals surface area contributed by atoms with Gasteiger partial charge in [0.1, 0.15) is 11.6 Å². The molecule has 0 fully saturated rings. The fourth-order valence-corrected chi connectivity index (χ4v) is 2.89. The zero-order valence-electron chi connectivity index (χ0n) is 15.9. The summed E-state index contributed by atoms with van der Waals surface area (Å²) in [6, 6.07) is 11.4. The fourth-order valence-electron chi connectivity index (χ4n) is 2.89. The highest BCUT2D eigenvalue weighted by Crippen LogP contribution is 2.24. The summed E-state index contributed by atoms with van der Waals surface area (Å²) in [4.78, 5) is 18.1. The van der Waals surface area contributed by atoms with E-state index in [-0.39, 0.29) is 23.7 Å². The molecule has 1 aromatic heterocycles. The zero-order chi connectivity index (χ0) is 20.1. The number of benzene rings is 2. The minimum absolute atomic E-state index is 0.0349. The van der Waals surface area contributed by atoms with E-state index in [0.29, 0.717) is 18.9 Å². The lowest BCUT2D eigenvalue weighted by Gasteiger charge is -2.17. The second-order valence-electron chi connectivity index (χ2n) is 6.66. The summed E-state index contributed by atoms with van der Waals surface area (Å²) < 4.78 is 32.4. The summed E-state index contributed by atoms with van der Waals surface area (Å²) in [5, 5.41) is 0. The predicted octanol–water partition coefficient (Wildman–Crippen LogP) is 4.77. The van der Waals surface area contributed by atoms with Crippen LogP contribution in [-0.2, 0) is 24.2 Å². The van der Waals surface area contributed by atoms with Crippen molar-refractivity contribution in [2.75, 3.05) is 7.05 Å². The van der Waals surface area contributed by atoms with E-state index in [1.165, 1.54) is 17.8 Å². The molecule has 6 heteroatoms. The maximum Gasteiger partial charge on any atom is 0.223 e. The van der Waals surface area contributed by atoms with Crippen LogP contribution in [0.25, 0.3) is 11.3 Å². The lowest BCUT2D eigenvalue weighted by molar-refractivity contribution is -0.130. The van der Waals surface area contributed by atoms with Gasteiger partial charge in [0.15, 0.2) is 11.7 Å². The quantitative estimate of drug-likeness (QED) is 0.589. The topological polar surface area (TPSA) is 46.3 Å². The molecule has 0 radical (unpaired) electrons. The zero-order valence-corrected chi connectivity index (χ0v) is 15.9. The third-order valence-corrected chi connectivity index (χ3v) is 4.58. The highest BCUT2D eigenvalue weighted by molar-refractivity contribution is 5.76. The number of halogens is 2. The van der Waals surface area contributed by atoms with Crippen molar-refractivity contribution in [3.05, 3.63) is 77.3 Å². The van der Waals surface area contributed by atoms with Crippen molar-refractivity contribution >= 4 is 5.91 Å². The van der Waals surface area contributed by atoms with E-state index in [2.05, 4.69) is 24.0 Å². The Kier molecular flexibility index (Phi) is 6.19. The Balaban J connectivity index is 1.56. The Hall–Kier alpha value is -3.02. The predicted molar refractivity (Wildman–Crippen MR) is 102 cm³/mol. The Bertz CT molecular complexity index is 951. The van der Waals surface area contributed by atoms with Crippen LogP contribution in [-0.4, -0.2) is 22.8 Å². The van der Waals surface area contributed by atoms with E-state index in [9.17, 15) is 13.6 Å². The average Bonchev–Trinajstić information content (AvgIpc) is 3.15. The number of oxazole rings is 1. The number of aryl methyl sites for hydroxylation is 2. The summed E-state index contributed by atoms with van der Waals surface area (Å²) in [5.41, 5.74) is 2.47. The minimum Gasteiger partial charge on any atom is -0.441 e. The normalized spacial score (nSPS) is 10.9. The number of amides is 1. The van der Waals surface area contributed by atoms with E-state index < -0.39 is 11.6 Å². The number of hydrogen-bond acceptors (Lipinski definition) is 3. The summed E-state index contributed by atoms with van der Waals surface area (Å²) in [5.74, 6) is -0.851. The van der Waals surface area contributed by atoms with Crippen LogP contribution in [0.15, 0.2) is 53.1 Å². The maximum atomic E-state index is 13.8. The van der Waals surface area contributed by atoms with Gasteiger partial charge in [0.25, 0.3) is 0 Å². The molecular formula is C22H22F2N2O2. The van der Waals surface area contributed by atoms with E-state index in [1.807, 2.05) is 12.1 Å². The molecule has 0 unspecified atom stereocenters. The molecule has 0 N–H and O–H groups in total. The first-order valence-corrected chi connectivity index (χ1v) is 9.18. The van der Waals surface area contributed by atoms with E-state index in [0.717, 1.165) is 24.1 Å². The molecule has 3 rings (SSSR count). The number of hydrogen-bond donors (Lipinski definition) is 0. The average molecular weight is 384 g/mol. The maximum absolute atomic E-state index is 13.8. The van der Waals surface area contributed by atoms with Crippen LogP contribution in [0.1, 0.15) is 30.4 Å². The lowest BCUT2D eigenvalue weighted by atomic mass is 10.1. The van der Waals surface area contributed by atoms with Gasteiger partial charge in [-0.1, -0.05) is 31.2 Å². The first kappa shape index (κ1) is 19.7. The van der Waals surface area contributed by atoms with Crippen LogP contribution < -0.4 is 0 Å². The molecule has 146 valence electrons. The van der Waals surface area contributed by atoms with Crippen molar-refractivity contribution < 1.29 is 18.0 Å². The SMILES string of the molecule is CCc1ccc(CN(C)C(=O)CCc2ncc(-c3ccc(F)cc3F)o2)cc1. The first-order chi connectivity index (χ1) is 13.5. The number of nitrogens with zero attached hydrogens (tertiary/aromatic N) is 2. The molecule has 0 bridgehead atoms. The molecule has 0 spiro atoms. The highest BCUT2D eigenvalue weighted by Gasteiger charge is 2.14. The third-order valence-electron chi connectivity index (χ3n) is 4.58. The van der Waals surface area contributed by atoms with Crippen LogP contribution in [0.4, 0.5) is 8.78 Å². The second-order valence-corrected chi connectivity index (χ2v) is 6.66. The number of carbonyl (C=O) groups excluding carboxylic acids is 1. The summed E-state index contributed by atoms with van der Waals surface area (Å²) >= 11 is 0. The standard InChI is InChI=1S/C22H22F2N2O2/c1-3-15-4-6-16(7-5-15)14-26(2)22(27)11-10-21-25-13-20(28-21)18-9-8-17(23)12-19(18)24/h4-9,12-13H,3,10-11,14H2,1-2H3. The van der Waals surface area contributed by atoms with Gasteiger partial charge in [-0.05, 0) is 29.7 Å². The third kappa shape index (κ3) is 4.82. The van der Waals surface area contributed by atoms with Crippen molar-refractivity contribution in [1.29, 1.82) is 0 Å². The van der Waals surface area contributed by atoms with E-state index >= 15 is 0 Å². The Morgan fingerprint density at radius 2 is 1.82 bits per heavy atom. The molecule has 0 atom stereocenters. The van der Waals surface area contributed by atoms with Crippen molar-refractivity contribution in [2.45, 2.75) is 32.7 Å². The number of carbonyl (C=O) groups is 1. The molecule has 0 saturated carbocycles.